The number of thiocarbonyl (C=S) groups is 1. The largest absolute Gasteiger partial charge is 0.481 e. The zero-order valence-corrected chi connectivity index (χ0v) is 13.2. The number of halogens is 1. The van der Waals surface area contributed by atoms with Crippen molar-refractivity contribution in [1.29, 1.82) is 0 Å². The molecule has 0 bridgehead atoms. The first-order valence-electron chi connectivity index (χ1n) is 6.89. The summed E-state index contributed by atoms with van der Waals surface area (Å²) >= 11 is 4.99. The molecule has 120 valence electrons. The highest BCUT2D eigenvalue weighted by atomic mass is 32.1. The van der Waals surface area contributed by atoms with Crippen LogP contribution in [0.1, 0.15) is 6.92 Å². The number of nitrogens with one attached hydrogen (secondary N) is 3. The molecule has 2 rings (SSSR count). The molecule has 3 N–H and O–H groups in total. The Morgan fingerprint density at radius 2 is 1.74 bits per heavy atom. The number of hydrogen-bond donors (Lipinski definition) is 3. The van der Waals surface area contributed by atoms with Crippen LogP contribution in [0.25, 0.3) is 0 Å². The lowest BCUT2D eigenvalue weighted by Crippen LogP contribution is -2.48. The predicted octanol–water partition coefficient (Wildman–Crippen LogP) is 2.61. The van der Waals surface area contributed by atoms with E-state index < -0.39 is 17.8 Å². The van der Waals surface area contributed by atoms with Crippen molar-refractivity contribution in [3.05, 3.63) is 60.4 Å². The van der Waals surface area contributed by atoms with Crippen LogP contribution in [0, 0.1) is 5.82 Å². The standard InChI is InChI=1S/C16H16FN3O2S/c1-11(22-12-7-3-2-4-8-12)15(21)19-20-16(23)18-14-10-6-5-9-13(14)17/h2-11H,1H3,(H,19,21)(H2,18,20,23). The minimum atomic E-state index is -0.721. The molecule has 1 amide bonds. The predicted molar refractivity (Wildman–Crippen MR) is 90.4 cm³/mol. The van der Waals surface area contributed by atoms with Crippen molar-refractivity contribution in [1.82, 2.24) is 10.9 Å². The number of anilines is 1. The molecule has 5 nitrogen and oxygen atoms in total. The van der Waals surface area contributed by atoms with E-state index >= 15 is 0 Å². The van der Waals surface area contributed by atoms with Gasteiger partial charge in [0, 0.05) is 0 Å². The van der Waals surface area contributed by atoms with Crippen molar-refractivity contribution in [2.75, 3.05) is 5.32 Å². The highest BCUT2D eigenvalue weighted by Gasteiger charge is 2.14. The summed E-state index contributed by atoms with van der Waals surface area (Å²) in [7, 11) is 0. The van der Waals surface area contributed by atoms with Gasteiger partial charge in [-0.25, -0.2) is 4.39 Å². The second-order valence-electron chi connectivity index (χ2n) is 4.62. The van der Waals surface area contributed by atoms with E-state index in [9.17, 15) is 9.18 Å². The fourth-order valence-corrected chi connectivity index (χ4v) is 1.85. The molecule has 0 fully saturated rings. The molecule has 0 saturated heterocycles. The molecule has 0 spiro atoms. The number of benzene rings is 2. The third kappa shape index (κ3) is 5.23. The van der Waals surface area contributed by atoms with Gasteiger partial charge in [-0.15, -0.1) is 0 Å². The summed E-state index contributed by atoms with van der Waals surface area (Å²) in [5.74, 6) is -0.266. The summed E-state index contributed by atoms with van der Waals surface area (Å²) in [5, 5.41) is 2.71. The highest BCUT2D eigenvalue weighted by molar-refractivity contribution is 7.80. The van der Waals surface area contributed by atoms with Gasteiger partial charge >= 0.3 is 0 Å². The van der Waals surface area contributed by atoms with Crippen molar-refractivity contribution in [3.8, 4) is 5.75 Å². The Morgan fingerprint density at radius 3 is 2.43 bits per heavy atom. The number of carbonyl (C=O) groups is 1. The van der Waals surface area contributed by atoms with Crippen LogP contribution in [-0.2, 0) is 4.79 Å². The molecule has 0 aromatic heterocycles. The molecule has 0 aliphatic heterocycles. The highest BCUT2D eigenvalue weighted by Crippen LogP contribution is 2.12. The monoisotopic (exact) mass is 333 g/mol. The van der Waals surface area contributed by atoms with Crippen LogP contribution in [0.4, 0.5) is 10.1 Å². The van der Waals surface area contributed by atoms with Crippen molar-refractivity contribution >= 4 is 28.9 Å². The Labute approximate surface area is 138 Å². The van der Waals surface area contributed by atoms with Crippen molar-refractivity contribution in [3.63, 3.8) is 0 Å². The number of hydrazine groups is 1. The lowest BCUT2D eigenvalue weighted by Gasteiger charge is -2.16. The van der Waals surface area contributed by atoms with Gasteiger partial charge in [-0.3, -0.25) is 15.6 Å². The quantitative estimate of drug-likeness (QED) is 0.593. The molecule has 0 aliphatic carbocycles. The zero-order valence-electron chi connectivity index (χ0n) is 12.4. The van der Waals surface area contributed by atoms with E-state index in [1.54, 1.807) is 31.2 Å². The van der Waals surface area contributed by atoms with Gasteiger partial charge in [-0.2, -0.15) is 0 Å². The number of carbonyl (C=O) groups excluding carboxylic acids is 1. The molecule has 1 atom stereocenters. The first-order chi connectivity index (χ1) is 11.1. The first kappa shape index (κ1) is 16.7. The molecule has 1 unspecified atom stereocenters. The fraction of sp³-hybridized carbons (Fsp3) is 0.125. The first-order valence-corrected chi connectivity index (χ1v) is 7.30. The minimum absolute atomic E-state index is 0.0651. The zero-order chi connectivity index (χ0) is 16.7. The Morgan fingerprint density at radius 1 is 1.09 bits per heavy atom. The molecular formula is C16H16FN3O2S. The maximum Gasteiger partial charge on any atom is 0.279 e. The molecular weight excluding hydrogens is 317 g/mol. The number of hydrogen-bond acceptors (Lipinski definition) is 3. The molecule has 0 aliphatic rings. The van der Waals surface area contributed by atoms with Gasteiger partial charge in [-0.1, -0.05) is 30.3 Å². The Kier molecular flexibility index (Phi) is 5.87. The van der Waals surface area contributed by atoms with Crippen molar-refractivity contribution in [2.45, 2.75) is 13.0 Å². The van der Waals surface area contributed by atoms with E-state index in [0.717, 1.165) is 0 Å². The van der Waals surface area contributed by atoms with Gasteiger partial charge in [0.15, 0.2) is 11.2 Å². The van der Waals surface area contributed by atoms with Gasteiger partial charge in [0.2, 0.25) is 0 Å². The lowest BCUT2D eigenvalue weighted by atomic mass is 10.3. The average molecular weight is 333 g/mol. The van der Waals surface area contributed by atoms with Crippen molar-refractivity contribution in [2.24, 2.45) is 0 Å². The molecule has 0 saturated carbocycles. The molecule has 23 heavy (non-hydrogen) atoms. The fourth-order valence-electron chi connectivity index (χ4n) is 1.69. The minimum Gasteiger partial charge on any atom is -0.481 e. The number of para-hydroxylation sites is 2. The van der Waals surface area contributed by atoms with E-state index in [1.165, 1.54) is 12.1 Å². The van der Waals surface area contributed by atoms with Crippen LogP contribution >= 0.6 is 12.2 Å². The maximum absolute atomic E-state index is 13.5. The van der Waals surface area contributed by atoms with Crippen LogP contribution in [0.2, 0.25) is 0 Å². The average Bonchev–Trinajstić information content (AvgIpc) is 2.55. The van der Waals surface area contributed by atoms with Gasteiger partial charge in [-0.05, 0) is 43.4 Å². The van der Waals surface area contributed by atoms with Crippen molar-refractivity contribution < 1.29 is 13.9 Å². The summed E-state index contributed by atoms with van der Waals surface area (Å²) in [5.41, 5.74) is 5.12. The Balaban J connectivity index is 1.79. The smallest absolute Gasteiger partial charge is 0.279 e. The van der Waals surface area contributed by atoms with Crippen LogP contribution < -0.4 is 20.9 Å². The Bertz CT molecular complexity index is 682. The normalized spacial score (nSPS) is 11.2. The third-order valence-corrected chi connectivity index (χ3v) is 3.05. The van der Waals surface area contributed by atoms with Crippen LogP contribution in [0.3, 0.4) is 0 Å². The maximum atomic E-state index is 13.5. The second kappa shape index (κ2) is 8.09. The van der Waals surface area contributed by atoms with E-state index in [2.05, 4.69) is 16.2 Å². The third-order valence-electron chi connectivity index (χ3n) is 2.85. The number of rotatable bonds is 4. The number of ether oxygens (including phenoxy) is 1. The van der Waals surface area contributed by atoms with Crippen LogP contribution in [0.5, 0.6) is 5.75 Å². The van der Waals surface area contributed by atoms with Gasteiger partial charge in [0.05, 0.1) is 5.69 Å². The topological polar surface area (TPSA) is 62.4 Å². The lowest BCUT2D eigenvalue weighted by molar-refractivity contribution is -0.127. The van der Waals surface area contributed by atoms with Gasteiger partial charge < -0.3 is 10.1 Å². The van der Waals surface area contributed by atoms with Crippen LogP contribution in [-0.4, -0.2) is 17.1 Å². The molecule has 7 heteroatoms. The summed E-state index contributed by atoms with van der Waals surface area (Å²) in [4.78, 5) is 11.9. The van der Waals surface area contributed by atoms with Gasteiger partial charge in [0.25, 0.3) is 5.91 Å². The van der Waals surface area contributed by atoms with E-state index in [1.807, 2.05) is 18.2 Å². The SMILES string of the molecule is CC(Oc1ccccc1)C(=O)NNC(=S)Nc1ccccc1F. The molecule has 0 radical (unpaired) electrons. The summed E-state index contributed by atoms with van der Waals surface area (Å²) in [6, 6.07) is 15.1. The molecule has 0 heterocycles. The summed E-state index contributed by atoms with van der Waals surface area (Å²) in [6.45, 7) is 1.61. The molecule has 2 aromatic rings. The van der Waals surface area contributed by atoms with Gasteiger partial charge in [0.1, 0.15) is 11.6 Å². The second-order valence-corrected chi connectivity index (χ2v) is 5.03. The van der Waals surface area contributed by atoms with Crippen LogP contribution in [0.15, 0.2) is 54.6 Å². The van der Waals surface area contributed by atoms with E-state index in [0.29, 0.717) is 5.75 Å². The summed E-state index contributed by atoms with van der Waals surface area (Å²) < 4.78 is 18.9. The molecule has 2 aromatic carbocycles. The summed E-state index contributed by atoms with van der Waals surface area (Å²) in [6.07, 6.45) is -0.721. The number of amides is 1. The van der Waals surface area contributed by atoms with E-state index in [-0.39, 0.29) is 10.8 Å². The van der Waals surface area contributed by atoms with E-state index in [4.69, 9.17) is 17.0 Å². The Hall–Kier alpha value is -2.67.